The van der Waals surface area contributed by atoms with Crippen LogP contribution in [0.1, 0.15) is 50.4 Å². The van der Waals surface area contributed by atoms with E-state index in [1.54, 1.807) is 24.1 Å². The third-order valence-electron chi connectivity index (χ3n) is 8.31. The van der Waals surface area contributed by atoms with Crippen molar-refractivity contribution in [2.45, 2.75) is 52.6 Å². The molecule has 2 N–H and O–H groups in total. The molecule has 0 saturated carbocycles. The molecule has 4 aromatic rings. The van der Waals surface area contributed by atoms with Crippen molar-refractivity contribution in [1.82, 2.24) is 19.4 Å². The Hall–Kier alpha value is -4.24. The summed E-state index contributed by atoms with van der Waals surface area (Å²) in [5, 5.41) is 9.41. The second kappa shape index (κ2) is 12.8. The summed E-state index contributed by atoms with van der Waals surface area (Å²) in [6, 6.07) is 4.50. The lowest BCUT2D eigenvalue weighted by molar-refractivity contribution is -0.130. The molecule has 9 nitrogen and oxygen atoms in total. The molecule has 14 heteroatoms. The number of carbonyl (C=O) groups excluding carboxylic acids is 1. The van der Waals surface area contributed by atoms with Crippen molar-refractivity contribution in [1.29, 1.82) is 5.26 Å². The molecule has 0 aliphatic carbocycles. The number of nitriles is 1. The molecular formula is C33H30Cl3F2N7O2. The van der Waals surface area contributed by atoms with Gasteiger partial charge in [-0.3, -0.25) is 19.1 Å². The number of aryl methyl sites for hydroxylation is 1. The number of carbonyl (C=O) groups is 1. The van der Waals surface area contributed by atoms with Crippen LogP contribution < -0.4 is 16.2 Å². The van der Waals surface area contributed by atoms with Crippen molar-refractivity contribution < 1.29 is 13.6 Å². The summed E-state index contributed by atoms with van der Waals surface area (Å²) in [5.74, 6) is -2.91. The summed E-state index contributed by atoms with van der Waals surface area (Å²) >= 11 is 18.8. The largest absolute Gasteiger partial charge is 0.395 e. The smallest absolute Gasteiger partial charge is 0.276 e. The maximum atomic E-state index is 15.6. The number of nitrogen functional groups attached to an aromatic ring is 1. The van der Waals surface area contributed by atoms with E-state index in [1.807, 2.05) is 32.6 Å². The molecule has 0 unspecified atom stereocenters. The molecule has 1 saturated heterocycles. The van der Waals surface area contributed by atoms with E-state index in [1.165, 1.54) is 16.7 Å². The third-order valence-corrected chi connectivity index (χ3v) is 9.44. The minimum Gasteiger partial charge on any atom is -0.395 e. The van der Waals surface area contributed by atoms with Crippen LogP contribution in [-0.4, -0.2) is 50.5 Å². The van der Waals surface area contributed by atoms with Gasteiger partial charge in [0, 0.05) is 36.8 Å². The van der Waals surface area contributed by atoms with Gasteiger partial charge in [-0.25, -0.2) is 13.8 Å². The van der Waals surface area contributed by atoms with Crippen LogP contribution in [0.3, 0.4) is 0 Å². The molecule has 244 valence electrons. The van der Waals surface area contributed by atoms with Gasteiger partial charge in [0.2, 0.25) is 5.91 Å². The third kappa shape index (κ3) is 5.48. The number of aromatic nitrogens is 3. The van der Waals surface area contributed by atoms with Crippen molar-refractivity contribution in [3.63, 3.8) is 0 Å². The number of piperazine rings is 1. The number of nitrogens with zero attached hydrogens (tertiary/aromatic N) is 6. The van der Waals surface area contributed by atoms with Crippen molar-refractivity contribution in [3.8, 4) is 23.0 Å². The van der Waals surface area contributed by atoms with E-state index in [4.69, 9.17) is 40.5 Å². The molecular weight excluding hydrogens is 671 g/mol. The Labute approximate surface area is 284 Å². The normalized spacial score (nSPS) is 16.6. The number of amides is 1. The quantitative estimate of drug-likeness (QED) is 0.101. The van der Waals surface area contributed by atoms with Crippen molar-refractivity contribution in [3.05, 3.63) is 84.9 Å². The van der Waals surface area contributed by atoms with E-state index in [-0.39, 0.29) is 70.0 Å². The molecule has 3 aromatic heterocycles. The van der Waals surface area contributed by atoms with E-state index in [9.17, 15) is 14.9 Å². The van der Waals surface area contributed by atoms with Crippen LogP contribution >= 0.6 is 34.8 Å². The molecule has 1 amide bonds. The fourth-order valence-corrected chi connectivity index (χ4v) is 6.88. The number of nitrogens with two attached hydrogens (primary N) is 1. The maximum Gasteiger partial charge on any atom is 0.276 e. The van der Waals surface area contributed by atoms with Crippen LogP contribution in [0.15, 0.2) is 35.8 Å². The Bertz CT molecular complexity index is 2050. The lowest BCUT2D eigenvalue weighted by atomic mass is 10.0. The SMILES string of the molecule is C=CC(=O)N1[C@H](C)CN(c2c(C#N)c(=O)n(-c3c(C)ccnc3C(C)C)c3nc(-c4c(F)c(N)c(Cl)c(Cl)c4F)c(Cl)cc23)C[C@@H]1C. The molecule has 1 fully saturated rings. The van der Waals surface area contributed by atoms with Gasteiger partial charge in [0.25, 0.3) is 5.56 Å². The molecule has 47 heavy (non-hydrogen) atoms. The fraction of sp³-hybridized carbons (Fsp3) is 0.303. The highest BCUT2D eigenvalue weighted by molar-refractivity contribution is 6.44. The number of benzene rings is 1. The highest BCUT2D eigenvalue weighted by Crippen LogP contribution is 2.44. The van der Waals surface area contributed by atoms with Gasteiger partial charge in [-0.1, -0.05) is 55.2 Å². The average Bonchev–Trinajstić information content (AvgIpc) is 3.02. The fourth-order valence-electron chi connectivity index (χ4n) is 6.27. The Balaban J connectivity index is 1.95. The molecule has 5 rings (SSSR count). The summed E-state index contributed by atoms with van der Waals surface area (Å²) in [6.45, 7) is 13.3. The number of rotatable bonds is 5. The van der Waals surface area contributed by atoms with Gasteiger partial charge in [0.1, 0.15) is 17.3 Å². The lowest BCUT2D eigenvalue weighted by Crippen LogP contribution is -2.58. The Morgan fingerprint density at radius 2 is 1.79 bits per heavy atom. The van der Waals surface area contributed by atoms with Gasteiger partial charge in [0.15, 0.2) is 11.6 Å². The van der Waals surface area contributed by atoms with Gasteiger partial charge in [-0.15, -0.1) is 0 Å². The second-order valence-electron chi connectivity index (χ2n) is 11.8. The van der Waals surface area contributed by atoms with Crippen LogP contribution in [0.2, 0.25) is 15.1 Å². The first-order chi connectivity index (χ1) is 22.2. The number of anilines is 2. The highest BCUT2D eigenvalue weighted by atomic mass is 35.5. The number of halogens is 5. The van der Waals surface area contributed by atoms with Crippen LogP contribution in [-0.2, 0) is 4.79 Å². The lowest BCUT2D eigenvalue weighted by Gasteiger charge is -2.45. The van der Waals surface area contributed by atoms with Crippen LogP contribution in [0.5, 0.6) is 0 Å². The molecule has 1 aromatic carbocycles. The Morgan fingerprint density at radius 1 is 1.15 bits per heavy atom. The molecule has 2 atom stereocenters. The van der Waals surface area contributed by atoms with Gasteiger partial charge in [-0.05, 0) is 50.5 Å². The van der Waals surface area contributed by atoms with Crippen molar-refractivity contribution in [2.24, 2.45) is 0 Å². The van der Waals surface area contributed by atoms with Crippen LogP contribution in [0.4, 0.5) is 20.2 Å². The average molecular weight is 701 g/mol. The number of fused-ring (bicyclic) bond motifs is 1. The van der Waals surface area contributed by atoms with Gasteiger partial charge < -0.3 is 15.5 Å². The summed E-state index contributed by atoms with van der Waals surface area (Å²) in [6.07, 6.45) is 2.84. The number of hydrogen-bond donors (Lipinski definition) is 1. The highest BCUT2D eigenvalue weighted by Gasteiger charge is 2.36. The van der Waals surface area contributed by atoms with Gasteiger partial charge in [-0.2, -0.15) is 5.26 Å². The first-order valence-corrected chi connectivity index (χ1v) is 15.8. The number of hydrogen-bond acceptors (Lipinski definition) is 7. The zero-order valence-electron chi connectivity index (χ0n) is 26.1. The molecule has 0 radical (unpaired) electrons. The standard InChI is InChI=1S/C33H30Cl3F2N7O2/c1-7-21(46)44-16(5)12-43(13-17(44)6)31-18-10-20(34)29(22-25(37)23(35)24(36)27(40)26(22)38)42-32(18)45(33(47)19(31)11-39)30-15(4)8-9-41-28(30)14(2)3/h7-10,14,16-17H,1,12-13,40H2,2-6H3/t16-,17+. The zero-order valence-corrected chi connectivity index (χ0v) is 28.4. The van der Waals surface area contributed by atoms with E-state index in [0.717, 1.165) is 0 Å². The summed E-state index contributed by atoms with van der Waals surface area (Å²) in [5.41, 5.74) is 4.85. The number of pyridine rings is 3. The van der Waals surface area contributed by atoms with E-state index in [0.29, 0.717) is 16.9 Å². The molecule has 0 bridgehead atoms. The predicted octanol–water partition coefficient (Wildman–Crippen LogP) is 7.18. The van der Waals surface area contributed by atoms with Gasteiger partial charge >= 0.3 is 0 Å². The first-order valence-electron chi connectivity index (χ1n) is 14.6. The van der Waals surface area contributed by atoms with Crippen LogP contribution in [0.25, 0.3) is 28.0 Å². The first kappa shape index (κ1) is 34.1. The van der Waals surface area contributed by atoms with Crippen molar-refractivity contribution >= 4 is 63.1 Å². The summed E-state index contributed by atoms with van der Waals surface area (Å²) in [7, 11) is 0. The Kier molecular flexibility index (Phi) is 9.25. The van der Waals surface area contributed by atoms with E-state index >= 15 is 8.78 Å². The summed E-state index contributed by atoms with van der Waals surface area (Å²) < 4.78 is 32.5. The topological polar surface area (TPSA) is 121 Å². The van der Waals surface area contributed by atoms with Crippen LogP contribution in [0, 0.1) is 29.9 Å². The van der Waals surface area contributed by atoms with E-state index in [2.05, 4.69) is 22.6 Å². The summed E-state index contributed by atoms with van der Waals surface area (Å²) in [4.78, 5) is 39.8. The molecule has 0 spiro atoms. The maximum absolute atomic E-state index is 15.6. The molecule has 1 aliphatic rings. The molecule has 4 heterocycles. The zero-order chi connectivity index (χ0) is 34.6. The minimum atomic E-state index is -1.24. The van der Waals surface area contributed by atoms with Gasteiger partial charge in [0.05, 0.1) is 49.1 Å². The minimum absolute atomic E-state index is 0.0465. The second-order valence-corrected chi connectivity index (χ2v) is 12.9. The molecule has 1 aliphatic heterocycles. The van der Waals surface area contributed by atoms with E-state index < -0.39 is 38.5 Å². The Morgan fingerprint density at radius 3 is 2.36 bits per heavy atom. The van der Waals surface area contributed by atoms with Crippen molar-refractivity contribution in [2.75, 3.05) is 23.7 Å². The predicted molar refractivity (Wildman–Crippen MR) is 182 cm³/mol. The monoisotopic (exact) mass is 699 g/mol.